The van der Waals surface area contributed by atoms with Crippen LogP contribution in [0.2, 0.25) is 0 Å². The van der Waals surface area contributed by atoms with E-state index in [4.69, 9.17) is 0 Å². The number of nitrogens with one attached hydrogen (secondary N) is 3. The van der Waals surface area contributed by atoms with Crippen LogP contribution < -0.4 is 15.4 Å². The first-order valence-corrected chi connectivity index (χ1v) is 9.62. The van der Waals surface area contributed by atoms with E-state index in [-0.39, 0.29) is 18.0 Å². The van der Waals surface area contributed by atoms with Crippen LogP contribution in [0.15, 0.2) is 59.8 Å². The summed E-state index contributed by atoms with van der Waals surface area (Å²) in [5.41, 5.74) is 0.768. The van der Waals surface area contributed by atoms with Crippen molar-refractivity contribution in [2.45, 2.75) is 4.90 Å². The van der Waals surface area contributed by atoms with Gasteiger partial charge in [-0.25, -0.2) is 21.9 Å². The molecule has 0 saturated heterocycles. The zero-order chi connectivity index (χ0) is 20.0. The van der Waals surface area contributed by atoms with Gasteiger partial charge in [0, 0.05) is 19.3 Å². The average molecular weight is 406 g/mol. The zero-order valence-corrected chi connectivity index (χ0v) is 15.2. The summed E-state index contributed by atoms with van der Waals surface area (Å²) in [4.78, 5) is 3.63. The van der Waals surface area contributed by atoms with Crippen LogP contribution in [0, 0.1) is 11.6 Å². The molecular formula is C17H16F2N6O2S. The third-order valence-electron chi connectivity index (χ3n) is 3.52. The molecule has 2 heterocycles. The number of anilines is 3. The molecule has 28 heavy (non-hydrogen) atoms. The summed E-state index contributed by atoms with van der Waals surface area (Å²) in [5, 5.41) is 13.9. The summed E-state index contributed by atoms with van der Waals surface area (Å²) in [6.07, 6.45) is 3.30. The maximum Gasteiger partial charge on any atom is 0.240 e. The molecule has 0 fully saturated rings. The van der Waals surface area contributed by atoms with E-state index in [9.17, 15) is 17.2 Å². The highest BCUT2D eigenvalue weighted by molar-refractivity contribution is 7.89. The van der Waals surface area contributed by atoms with E-state index in [0.717, 1.165) is 17.8 Å². The number of pyridine rings is 1. The van der Waals surface area contributed by atoms with Crippen LogP contribution in [-0.4, -0.2) is 36.7 Å². The molecule has 0 spiro atoms. The summed E-state index contributed by atoms with van der Waals surface area (Å²) < 4.78 is 52.5. The van der Waals surface area contributed by atoms with E-state index in [1.807, 2.05) is 6.07 Å². The van der Waals surface area contributed by atoms with E-state index >= 15 is 0 Å². The van der Waals surface area contributed by atoms with Crippen molar-refractivity contribution in [3.05, 3.63) is 66.5 Å². The third kappa shape index (κ3) is 5.18. The van der Waals surface area contributed by atoms with Crippen molar-refractivity contribution < 1.29 is 17.2 Å². The fraction of sp³-hybridized carbons (Fsp3) is 0.118. The minimum atomic E-state index is -3.94. The zero-order valence-electron chi connectivity index (χ0n) is 14.4. The SMILES string of the molecule is O=S(=O)(NCCNc1ccc(Nc2cccnc2)nn1)c1ccc(F)c(F)c1. The monoisotopic (exact) mass is 406 g/mol. The summed E-state index contributed by atoms with van der Waals surface area (Å²) in [7, 11) is -3.94. The van der Waals surface area contributed by atoms with Gasteiger partial charge in [0.1, 0.15) is 5.82 Å². The fourth-order valence-corrected chi connectivity index (χ4v) is 3.22. The Bertz CT molecular complexity index is 1030. The number of aromatic nitrogens is 3. The smallest absolute Gasteiger partial charge is 0.240 e. The van der Waals surface area contributed by atoms with E-state index in [0.29, 0.717) is 17.7 Å². The Hall–Kier alpha value is -3.18. The third-order valence-corrected chi connectivity index (χ3v) is 4.98. The molecule has 0 aliphatic rings. The maximum absolute atomic E-state index is 13.2. The van der Waals surface area contributed by atoms with Gasteiger partial charge < -0.3 is 10.6 Å². The molecule has 0 bridgehead atoms. The van der Waals surface area contributed by atoms with Crippen LogP contribution in [0.4, 0.5) is 26.1 Å². The van der Waals surface area contributed by atoms with Gasteiger partial charge in [0.15, 0.2) is 17.5 Å². The van der Waals surface area contributed by atoms with Gasteiger partial charge in [-0.2, -0.15) is 0 Å². The number of nitrogens with zero attached hydrogens (tertiary/aromatic N) is 3. The highest BCUT2D eigenvalue weighted by Gasteiger charge is 2.15. The van der Waals surface area contributed by atoms with E-state index < -0.39 is 21.7 Å². The number of hydrogen-bond donors (Lipinski definition) is 3. The molecule has 0 saturated carbocycles. The lowest BCUT2D eigenvalue weighted by molar-refractivity contribution is 0.504. The topological polar surface area (TPSA) is 109 Å². The molecule has 11 heteroatoms. The van der Waals surface area contributed by atoms with Crippen molar-refractivity contribution >= 4 is 27.3 Å². The fourth-order valence-electron chi connectivity index (χ4n) is 2.18. The second-order valence-electron chi connectivity index (χ2n) is 5.57. The first-order chi connectivity index (χ1) is 13.4. The van der Waals surface area contributed by atoms with Gasteiger partial charge in [0.25, 0.3) is 0 Å². The van der Waals surface area contributed by atoms with Gasteiger partial charge in [-0.15, -0.1) is 10.2 Å². The molecule has 0 aliphatic heterocycles. The normalized spacial score (nSPS) is 11.2. The molecule has 2 aromatic heterocycles. The molecular weight excluding hydrogens is 390 g/mol. The Morgan fingerprint density at radius 2 is 1.71 bits per heavy atom. The van der Waals surface area contributed by atoms with Crippen molar-refractivity contribution in [2.75, 3.05) is 23.7 Å². The van der Waals surface area contributed by atoms with Crippen LogP contribution >= 0.6 is 0 Å². The standard InChI is InChI=1S/C17H16F2N6O2S/c18-14-4-3-13(10-15(14)19)28(26,27)22-9-8-21-16-5-6-17(25-24-16)23-12-2-1-7-20-11-12/h1-7,10-11,22H,8-9H2,(H,21,24)(H,23,25). The van der Waals surface area contributed by atoms with Crippen LogP contribution in [0.5, 0.6) is 0 Å². The lowest BCUT2D eigenvalue weighted by Crippen LogP contribution is -2.29. The first kappa shape index (κ1) is 19.6. The van der Waals surface area contributed by atoms with Crippen molar-refractivity contribution in [2.24, 2.45) is 0 Å². The van der Waals surface area contributed by atoms with Gasteiger partial charge >= 0.3 is 0 Å². The Balaban J connectivity index is 1.49. The molecule has 146 valence electrons. The molecule has 0 aliphatic carbocycles. The number of halogens is 2. The minimum absolute atomic E-state index is 0.0126. The molecule has 8 nitrogen and oxygen atoms in total. The summed E-state index contributed by atoms with van der Waals surface area (Å²) >= 11 is 0. The largest absolute Gasteiger partial charge is 0.367 e. The average Bonchev–Trinajstić information content (AvgIpc) is 2.69. The van der Waals surface area contributed by atoms with E-state index in [1.54, 1.807) is 30.6 Å². The minimum Gasteiger partial charge on any atom is -0.367 e. The lowest BCUT2D eigenvalue weighted by Gasteiger charge is -2.09. The number of sulfonamides is 1. The maximum atomic E-state index is 13.2. The molecule has 0 amide bonds. The Morgan fingerprint density at radius 1 is 0.929 bits per heavy atom. The quantitative estimate of drug-likeness (QED) is 0.493. The van der Waals surface area contributed by atoms with Crippen LogP contribution in [0.1, 0.15) is 0 Å². The highest BCUT2D eigenvalue weighted by Crippen LogP contribution is 2.14. The van der Waals surface area contributed by atoms with Gasteiger partial charge in [0.05, 0.1) is 16.8 Å². The highest BCUT2D eigenvalue weighted by atomic mass is 32.2. The lowest BCUT2D eigenvalue weighted by atomic mass is 10.3. The molecule has 1 aromatic carbocycles. The van der Waals surface area contributed by atoms with Crippen molar-refractivity contribution in [3.63, 3.8) is 0 Å². The van der Waals surface area contributed by atoms with Gasteiger partial charge in [-0.05, 0) is 42.5 Å². The molecule has 3 aromatic rings. The molecule has 3 rings (SSSR count). The van der Waals surface area contributed by atoms with Gasteiger partial charge in [-0.1, -0.05) is 0 Å². The number of benzene rings is 1. The second-order valence-corrected chi connectivity index (χ2v) is 7.34. The summed E-state index contributed by atoms with van der Waals surface area (Å²) in [5.74, 6) is -1.36. The van der Waals surface area contributed by atoms with Crippen molar-refractivity contribution in [3.8, 4) is 0 Å². The van der Waals surface area contributed by atoms with Crippen molar-refractivity contribution in [1.82, 2.24) is 19.9 Å². The predicted molar refractivity (Wildman–Crippen MR) is 99.6 cm³/mol. The molecule has 3 N–H and O–H groups in total. The number of rotatable bonds is 8. The van der Waals surface area contributed by atoms with Crippen LogP contribution in [0.25, 0.3) is 0 Å². The van der Waals surface area contributed by atoms with Gasteiger partial charge in [0.2, 0.25) is 10.0 Å². The predicted octanol–water partition coefficient (Wildman–Crippen LogP) is 2.28. The molecule has 0 atom stereocenters. The second kappa shape index (κ2) is 8.67. The summed E-state index contributed by atoms with van der Waals surface area (Å²) in [6, 6.07) is 9.38. The van der Waals surface area contributed by atoms with E-state index in [2.05, 4.69) is 30.5 Å². The molecule has 0 unspecified atom stereocenters. The first-order valence-electron chi connectivity index (χ1n) is 8.13. The van der Waals surface area contributed by atoms with Crippen LogP contribution in [0.3, 0.4) is 0 Å². The van der Waals surface area contributed by atoms with Gasteiger partial charge in [-0.3, -0.25) is 4.98 Å². The van der Waals surface area contributed by atoms with Crippen molar-refractivity contribution in [1.29, 1.82) is 0 Å². The summed E-state index contributed by atoms with van der Waals surface area (Å²) in [6.45, 7) is 0.228. The van der Waals surface area contributed by atoms with Crippen LogP contribution in [-0.2, 0) is 10.0 Å². The Morgan fingerprint density at radius 3 is 2.39 bits per heavy atom. The Kier molecular flexibility index (Phi) is 6.06. The Labute approximate surface area is 160 Å². The van der Waals surface area contributed by atoms with E-state index in [1.165, 1.54) is 0 Å². The number of hydrogen-bond acceptors (Lipinski definition) is 7. The molecule has 0 radical (unpaired) electrons.